The molecule has 1 aliphatic carbocycles. The molecule has 0 aromatic heterocycles. The van der Waals surface area contributed by atoms with E-state index in [0.29, 0.717) is 18.3 Å². The van der Waals surface area contributed by atoms with Gasteiger partial charge in [0, 0.05) is 10.5 Å². The van der Waals surface area contributed by atoms with E-state index < -0.39 is 0 Å². The number of anilines is 1. The topological polar surface area (TPSA) is 61.4 Å². The van der Waals surface area contributed by atoms with E-state index in [4.69, 9.17) is 0 Å². The number of carbonyl (C=O) groups excluding carboxylic acids is 2. The smallest absolute Gasteiger partial charge is 0.243 e. The zero-order valence-corrected chi connectivity index (χ0v) is 16.1. The fraction of sp³-hybridized carbons (Fsp3) is 0.579. The van der Waals surface area contributed by atoms with Gasteiger partial charge in [0.1, 0.15) is 0 Å². The molecular weight excluding hydrogens is 382 g/mol. The number of carbonyl (C=O) groups is 2. The van der Waals surface area contributed by atoms with Gasteiger partial charge in [0.25, 0.3) is 0 Å². The molecule has 5 nitrogen and oxygen atoms in total. The van der Waals surface area contributed by atoms with E-state index >= 15 is 0 Å². The molecule has 0 radical (unpaired) electrons. The molecule has 1 heterocycles. The zero-order chi connectivity index (χ0) is 17.6. The molecule has 1 aromatic rings. The molecule has 0 unspecified atom stereocenters. The van der Waals surface area contributed by atoms with Crippen LogP contribution in [0, 0.1) is 5.92 Å². The van der Waals surface area contributed by atoms with Crippen molar-refractivity contribution in [2.45, 2.75) is 44.6 Å². The number of amides is 2. The average Bonchev–Trinajstić information content (AvgIpc) is 2.62. The molecule has 2 N–H and O–H groups in total. The van der Waals surface area contributed by atoms with Crippen LogP contribution in [0.5, 0.6) is 0 Å². The van der Waals surface area contributed by atoms with Crippen LogP contribution < -0.4 is 10.6 Å². The number of hydrogen-bond donors (Lipinski definition) is 2. The van der Waals surface area contributed by atoms with Crippen LogP contribution in [0.1, 0.15) is 38.5 Å². The number of halogens is 1. The van der Waals surface area contributed by atoms with E-state index in [1.807, 2.05) is 24.3 Å². The summed E-state index contributed by atoms with van der Waals surface area (Å²) in [4.78, 5) is 26.6. The second kappa shape index (κ2) is 8.81. The number of fused-ring (bicyclic) bond motifs is 1. The molecule has 2 amide bonds. The molecule has 1 aliphatic heterocycles. The van der Waals surface area contributed by atoms with Crippen molar-refractivity contribution in [3.8, 4) is 0 Å². The standard InChI is InChI=1S/C19H26BrN3O2/c20-15-8-2-3-9-16(15)22-18(24)12-21-19(25)13-23-11-5-7-14-6-1-4-10-17(14)23/h2-3,8-9,14,17H,1,4-7,10-13H2,(H,21,25)(H,22,24)/t14-,17+/m1/s1. The second-order valence-electron chi connectivity index (χ2n) is 7.03. The van der Waals surface area contributed by atoms with Gasteiger partial charge in [0.2, 0.25) is 11.8 Å². The maximum atomic E-state index is 12.3. The number of likely N-dealkylation sites (tertiary alicyclic amines) is 1. The van der Waals surface area contributed by atoms with Gasteiger partial charge in [-0.1, -0.05) is 25.0 Å². The summed E-state index contributed by atoms with van der Waals surface area (Å²) < 4.78 is 0.825. The molecule has 136 valence electrons. The molecular formula is C19H26BrN3O2. The number of hydrogen-bond acceptors (Lipinski definition) is 3. The first-order chi connectivity index (χ1) is 12.1. The van der Waals surface area contributed by atoms with Gasteiger partial charge in [-0.25, -0.2) is 0 Å². The molecule has 2 fully saturated rings. The monoisotopic (exact) mass is 407 g/mol. The van der Waals surface area contributed by atoms with Crippen LogP contribution in [0.15, 0.2) is 28.7 Å². The lowest BCUT2D eigenvalue weighted by Crippen LogP contribution is -2.51. The largest absolute Gasteiger partial charge is 0.346 e. The van der Waals surface area contributed by atoms with Gasteiger partial charge < -0.3 is 10.6 Å². The van der Waals surface area contributed by atoms with Crippen LogP contribution in [0.4, 0.5) is 5.69 Å². The predicted molar refractivity (Wildman–Crippen MR) is 102 cm³/mol. The zero-order valence-electron chi connectivity index (χ0n) is 14.5. The van der Waals surface area contributed by atoms with Crippen LogP contribution in [-0.2, 0) is 9.59 Å². The molecule has 3 rings (SSSR count). The molecule has 6 heteroatoms. The van der Waals surface area contributed by atoms with Crippen molar-refractivity contribution >= 4 is 33.4 Å². The van der Waals surface area contributed by atoms with Gasteiger partial charge in [0.15, 0.2) is 0 Å². The number of benzene rings is 1. The summed E-state index contributed by atoms with van der Waals surface area (Å²) in [5.41, 5.74) is 0.711. The first-order valence-electron chi connectivity index (χ1n) is 9.18. The Morgan fingerprint density at radius 3 is 2.68 bits per heavy atom. The van der Waals surface area contributed by atoms with Crippen molar-refractivity contribution in [1.29, 1.82) is 0 Å². The average molecular weight is 408 g/mol. The molecule has 1 saturated heterocycles. The summed E-state index contributed by atoms with van der Waals surface area (Å²) in [7, 11) is 0. The minimum absolute atomic E-state index is 0.00209. The number of nitrogens with one attached hydrogen (secondary N) is 2. The van der Waals surface area contributed by atoms with E-state index in [0.717, 1.165) is 16.9 Å². The van der Waals surface area contributed by atoms with Crippen LogP contribution in [0.3, 0.4) is 0 Å². The van der Waals surface area contributed by atoms with Crippen LogP contribution in [-0.4, -0.2) is 42.4 Å². The molecule has 0 spiro atoms. The Labute approximate surface area is 157 Å². The Balaban J connectivity index is 1.44. The summed E-state index contributed by atoms with van der Waals surface area (Å²) in [5, 5.41) is 5.56. The fourth-order valence-corrected chi connectivity index (χ4v) is 4.48. The van der Waals surface area contributed by atoms with Gasteiger partial charge in [-0.3, -0.25) is 14.5 Å². The molecule has 1 aromatic carbocycles. The normalized spacial score (nSPS) is 23.6. The van der Waals surface area contributed by atoms with Crippen molar-refractivity contribution < 1.29 is 9.59 Å². The number of rotatable bonds is 5. The molecule has 2 aliphatic rings. The minimum Gasteiger partial charge on any atom is -0.346 e. The van der Waals surface area contributed by atoms with Crippen molar-refractivity contribution in [1.82, 2.24) is 10.2 Å². The van der Waals surface area contributed by atoms with E-state index in [1.165, 1.54) is 38.5 Å². The first kappa shape index (κ1) is 18.4. The van der Waals surface area contributed by atoms with E-state index in [-0.39, 0.29) is 18.4 Å². The van der Waals surface area contributed by atoms with Crippen LogP contribution in [0.2, 0.25) is 0 Å². The quantitative estimate of drug-likeness (QED) is 0.787. The highest BCUT2D eigenvalue weighted by Gasteiger charge is 2.33. The van der Waals surface area contributed by atoms with Crippen LogP contribution >= 0.6 is 15.9 Å². The molecule has 1 saturated carbocycles. The van der Waals surface area contributed by atoms with Gasteiger partial charge in [0.05, 0.1) is 18.8 Å². The highest BCUT2D eigenvalue weighted by atomic mass is 79.9. The maximum Gasteiger partial charge on any atom is 0.243 e. The third-order valence-corrected chi connectivity index (χ3v) is 5.99. The van der Waals surface area contributed by atoms with Crippen molar-refractivity contribution in [2.24, 2.45) is 5.92 Å². The van der Waals surface area contributed by atoms with Gasteiger partial charge >= 0.3 is 0 Å². The minimum atomic E-state index is -0.213. The Morgan fingerprint density at radius 1 is 1.08 bits per heavy atom. The summed E-state index contributed by atoms with van der Waals surface area (Å²) in [6.45, 7) is 1.41. The van der Waals surface area contributed by atoms with Gasteiger partial charge in [-0.15, -0.1) is 0 Å². The van der Waals surface area contributed by atoms with Gasteiger partial charge in [-0.05, 0) is 66.2 Å². The van der Waals surface area contributed by atoms with E-state index in [2.05, 4.69) is 31.5 Å². The third-order valence-electron chi connectivity index (χ3n) is 5.30. The molecule has 2 atom stereocenters. The van der Waals surface area contributed by atoms with Gasteiger partial charge in [-0.2, -0.15) is 0 Å². The fourth-order valence-electron chi connectivity index (χ4n) is 4.10. The summed E-state index contributed by atoms with van der Waals surface area (Å²) in [6, 6.07) is 7.99. The highest BCUT2D eigenvalue weighted by Crippen LogP contribution is 2.34. The Kier molecular flexibility index (Phi) is 6.48. The van der Waals surface area contributed by atoms with E-state index in [9.17, 15) is 9.59 Å². The number of para-hydroxylation sites is 1. The maximum absolute atomic E-state index is 12.3. The summed E-state index contributed by atoms with van der Waals surface area (Å²) in [5.74, 6) is 0.483. The van der Waals surface area contributed by atoms with E-state index in [1.54, 1.807) is 0 Å². The number of piperidine rings is 1. The molecule has 0 bridgehead atoms. The highest BCUT2D eigenvalue weighted by molar-refractivity contribution is 9.10. The number of nitrogens with zero attached hydrogens (tertiary/aromatic N) is 1. The first-order valence-corrected chi connectivity index (χ1v) is 9.98. The SMILES string of the molecule is O=C(CN1CCC[C@H]2CCCC[C@@H]21)NCC(=O)Nc1ccccc1Br. The summed E-state index contributed by atoms with van der Waals surface area (Å²) >= 11 is 3.39. The van der Waals surface area contributed by atoms with Crippen molar-refractivity contribution in [2.75, 3.05) is 25.0 Å². The van der Waals surface area contributed by atoms with Crippen molar-refractivity contribution in [3.05, 3.63) is 28.7 Å². The Bertz CT molecular complexity index is 620. The van der Waals surface area contributed by atoms with Crippen molar-refractivity contribution in [3.63, 3.8) is 0 Å². The lowest BCUT2D eigenvalue weighted by molar-refractivity contribution is -0.126. The Hall–Kier alpha value is -1.40. The predicted octanol–water partition coefficient (Wildman–Crippen LogP) is 3.16. The summed E-state index contributed by atoms with van der Waals surface area (Å²) in [6.07, 6.45) is 7.59. The lowest BCUT2D eigenvalue weighted by Gasteiger charge is -2.43. The lowest BCUT2D eigenvalue weighted by atomic mass is 9.78. The second-order valence-corrected chi connectivity index (χ2v) is 7.88. The van der Waals surface area contributed by atoms with Crippen LogP contribution in [0.25, 0.3) is 0 Å². The molecule has 25 heavy (non-hydrogen) atoms. The third kappa shape index (κ3) is 5.05. The Morgan fingerprint density at radius 2 is 1.84 bits per heavy atom.